The second-order valence-electron chi connectivity index (χ2n) is 19.3. The van der Waals surface area contributed by atoms with E-state index in [-0.39, 0.29) is 53.9 Å². The minimum atomic E-state index is -2.04. The Morgan fingerprint density at radius 3 is 2.24 bits per heavy atom. The van der Waals surface area contributed by atoms with Crippen LogP contribution in [0, 0.1) is 6.92 Å². The number of aromatic nitrogens is 8. The first kappa shape index (κ1) is 51.6. The van der Waals surface area contributed by atoms with Crippen LogP contribution in [-0.4, -0.2) is 152 Å². The van der Waals surface area contributed by atoms with Crippen LogP contribution in [0.4, 0.5) is 9.18 Å². The number of imidazole rings is 1. The number of hydrogen-bond donors (Lipinski definition) is 4. The first-order valence-corrected chi connectivity index (χ1v) is 25.1. The third-order valence-corrected chi connectivity index (χ3v) is 13.9. The number of carbonyl (C=O) groups excluding carboxylic acids is 4. The van der Waals surface area contributed by atoms with Crippen LogP contribution in [0.2, 0.25) is 0 Å². The topological polar surface area (TPSA) is 248 Å². The molecule has 22 heteroatoms. The van der Waals surface area contributed by atoms with E-state index in [2.05, 4.69) is 35.7 Å². The third kappa shape index (κ3) is 10.6. The average molecular weight is 1030 g/mol. The van der Waals surface area contributed by atoms with E-state index in [1.54, 1.807) is 51.0 Å². The standard InChI is InChI=1S/C53H60FN13O8/c1-7-55-49(70)48-61-60-47(38-24-37(30(2)3)43(68)25-44(38)69)67(48)35-12-9-33(10-13-35)29-63-20-22-65(23-21-63)51(72)39(54)27-58-52(73)75-32(5)50(71)64-18-16-36(17-19-64)66-46-42(62(6)53(66)74)28-57-41-15-14-40(59-45(41)46)34-11-8-31(4)56-26-34/h8-15,24-26,28,30,32,36,39,68-69H,7,16-23,27,29H2,1-6H3,(H,55,70)(H,58,73)/t32-,39?/m0/s1. The number of benzene rings is 2. The van der Waals surface area contributed by atoms with Gasteiger partial charge in [0.15, 0.2) is 18.1 Å². The van der Waals surface area contributed by atoms with Gasteiger partial charge in [0.2, 0.25) is 5.82 Å². The van der Waals surface area contributed by atoms with Crippen molar-refractivity contribution < 1.29 is 38.5 Å². The molecule has 75 heavy (non-hydrogen) atoms. The first-order chi connectivity index (χ1) is 36.0. The Hall–Kier alpha value is -8.27. The summed E-state index contributed by atoms with van der Waals surface area (Å²) in [6.07, 6.45) is 0.0588. The second kappa shape index (κ2) is 21.7. The molecule has 7 aromatic rings. The maximum Gasteiger partial charge on any atom is 0.408 e. The number of carbonyl (C=O) groups is 4. The van der Waals surface area contributed by atoms with Gasteiger partial charge >= 0.3 is 11.8 Å². The summed E-state index contributed by atoms with van der Waals surface area (Å²) >= 11 is 0. The fraction of sp³-hybridized carbons (Fsp3) is 0.396. The van der Waals surface area contributed by atoms with E-state index in [4.69, 9.17) is 9.72 Å². The number of hydrogen-bond acceptors (Lipinski definition) is 14. The number of nitrogens with one attached hydrogen (secondary N) is 2. The number of piperidine rings is 1. The first-order valence-electron chi connectivity index (χ1n) is 25.1. The predicted octanol–water partition coefficient (Wildman–Crippen LogP) is 5.15. The number of alkyl halides is 1. The molecular formula is C53H60FN13O8. The highest BCUT2D eigenvalue weighted by atomic mass is 19.1. The highest BCUT2D eigenvalue weighted by Gasteiger charge is 2.33. The lowest BCUT2D eigenvalue weighted by Gasteiger charge is -2.35. The molecule has 1 unspecified atom stereocenters. The molecule has 392 valence electrons. The van der Waals surface area contributed by atoms with E-state index in [1.165, 1.54) is 17.9 Å². The van der Waals surface area contributed by atoms with E-state index in [0.29, 0.717) is 96.7 Å². The van der Waals surface area contributed by atoms with Crippen molar-refractivity contribution in [3.8, 4) is 39.8 Å². The maximum absolute atomic E-state index is 15.3. The Labute approximate surface area is 431 Å². The lowest BCUT2D eigenvalue weighted by atomic mass is 9.98. The van der Waals surface area contributed by atoms with Crippen LogP contribution in [0.5, 0.6) is 11.5 Å². The fourth-order valence-electron chi connectivity index (χ4n) is 9.78. The number of rotatable bonds is 14. The van der Waals surface area contributed by atoms with Crippen molar-refractivity contribution in [2.45, 2.75) is 78.2 Å². The SMILES string of the molecule is CCNC(=O)c1nnc(-c2cc(C(C)C)c(O)cc2O)n1-c1ccc(CN2CCN(C(=O)C(F)CNC(=O)O[C@@H](C)C(=O)N3CCC(n4c(=O)n(C)c5cnc6ccc(-c7ccc(C)nc7)nc6c54)CC3)CC2)cc1. The molecular weight excluding hydrogens is 966 g/mol. The van der Waals surface area contributed by atoms with Crippen LogP contribution in [0.15, 0.2) is 77.9 Å². The molecule has 7 heterocycles. The number of halogens is 1. The number of amides is 4. The van der Waals surface area contributed by atoms with Crippen molar-refractivity contribution in [2.24, 2.45) is 7.05 Å². The molecule has 2 aliphatic rings. The Bertz CT molecular complexity index is 3340. The molecule has 0 bridgehead atoms. The monoisotopic (exact) mass is 1030 g/mol. The summed E-state index contributed by atoms with van der Waals surface area (Å²) in [5.41, 5.74) is 7.08. The zero-order valence-corrected chi connectivity index (χ0v) is 42.7. The van der Waals surface area contributed by atoms with E-state index < -0.39 is 42.6 Å². The number of fused-ring (bicyclic) bond motifs is 3. The summed E-state index contributed by atoms with van der Waals surface area (Å²) in [4.78, 5) is 85.4. The molecule has 9 rings (SSSR count). The minimum absolute atomic E-state index is 0.0155. The molecule has 5 aromatic heterocycles. The number of aryl methyl sites for hydroxylation is 2. The summed E-state index contributed by atoms with van der Waals surface area (Å²) in [6.45, 7) is 11.2. The molecule has 4 amide bonds. The highest BCUT2D eigenvalue weighted by Crippen LogP contribution is 2.38. The van der Waals surface area contributed by atoms with Gasteiger partial charge in [0.05, 0.1) is 40.5 Å². The largest absolute Gasteiger partial charge is 0.508 e. The highest BCUT2D eigenvalue weighted by molar-refractivity contribution is 6.00. The van der Waals surface area contributed by atoms with Crippen LogP contribution in [0.25, 0.3) is 50.4 Å². The van der Waals surface area contributed by atoms with E-state index in [1.807, 2.05) is 69.3 Å². The van der Waals surface area contributed by atoms with Gasteiger partial charge in [-0.25, -0.2) is 19.0 Å². The van der Waals surface area contributed by atoms with Gasteiger partial charge in [-0.3, -0.25) is 43.0 Å². The van der Waals surface area contributed by atoms with Crippen molar-refractivity contribution in [2.75, 3.05) is 52.4 Å². The lowest BCUT2D eigenvalue weighted by molar-refractivity contribution is -0.141. The maximum atomic E-state index is 15.3. The average Bonchev–Trinajstić information content (AvgIpc) is 3.96. The predicted molar refractivity (Wildman–Crippen MR) is 276 cm³/mol. The number of likely N-dealkylation sites (tertiary alicyclic amines) is 1. The summed E-state index contributed by atoms with van der Waals surface area (Å²) in [7, 11) is 1.70. The number of phenols is 2. The molecule has 2 atom stereocenters. The summed E-state index contributed by atoms with van der Waals surface area (Å²) in [5.74, 6) is -1.78. The summed E-state index contributed by atoms with van der Waals surface area (Å²) in [6, 6.07) is 17.7. The number of pyridine rings is 3. The van der Waals surface area contributed by atoms with Gasteiger partial charge in [-0.05, 0) is 93.1 Å². The summed E-state index contributed by atoms with van der Waals surface area (Å²) < 4.78 is 25.5. The van der Waals surface area contributed by atoms with Gasteiger partial charge in [0.1, 0.15) is 17.0 Å². The van der Waals surface area contributed by atoms with Gasteiger partial charge in [-0.1, -0.05) is 26.0 Å². The molecule has 0 spiro atoms. The Morgan fingerprint density at radius 1 is 0.840 bits per heavy atom. The van der Waals surface area contributed by atoms with Crippen molar-refractivity contribution in [1.29, 1.82) is 0 Å². The zero-order valence-electron chi connectivity index (χ0n) is 42.7. The molecule has 0 saturated carbocycles. The third-order valence-electron chi connectivity index (χ3n) is 13.9. The van der Waals surface area contributed by atoms with Gasteiger partial charge in [-0.2, -0.15) is 0 Å². The number of ether oxygens (including phenoxy) is 1. The molecule has 4 N–H and O–H groups in total. The summed E-state index contributed by atoms with van der Waals surface area (Å²) in [5, 5.41) is 34.8. The minimum Gasteiger partial charge on any atom is -0.508 e. The molecule has 2 saturated heterocycles. The van der Waals surface area contributed by atoms with Gasteiger partial charge < -0.3 is 35.4 Å². The second-order valence-corrected chi connectivity index (χ2v) is 19.3. The van der Waals surface area contributed by atoms with Crippen LogP contribution in [0.3, 0.4) is 0 Å². The number of aromatic hydroxyl groups is 2. The van der Waals surface area contributed by atoms with Gasteiger partial charge in [0.25, 0.3) is 17.7 Å². The Balaban J connectivity index is 0.749. The Morgan fingerprint density at radius 2 is 1.56 bits per heavy atom. The number of phenolic OH excluding ortho intramolecular Hbond substituents is 2. The van der Waals surface area contributed by atoms with Crippen molar-refractivity contribution >= 4 is 45.9 Å². The Kier molecular flexibility index (Phi) is 14.9. The van der Waals surface area contributed by atoms with Gasteiger partial charge in [0, 0.05) is 94.7 Å². The van der Waals surface area contributed by atoms with E-state index in [0.717, 1.165) is 16.8 Å². The molecule has 2 aromatic carbocycles. The molecule has 2 fully saturated rings. The van der Waals surface area contributed by atoms with E-state index in [9.17, 15) is 34.2 Å². The normalized spacial score (nSPS) is 15.4. The van der Waals surface area contributed by atoms with Crippen LogP contribution >= 0.6 is 0 Å². The molecule has 21 nitrogen and oxygen atoms in total. The van der Waals surface area contributed by atoms with Crippen molar-refractivity contribution in [3.05, 3.63) is 106 Å². The van der Waals surface area contributed by atoms with Gasteiger partial charge in [-0.15, -0.1) is 10.2 Å². The molecule has 0 radical (unpaired) electrons. The fourth-order valence-corrected chi connectivity index (χ4v) is 9.78. The number of piperazine rings is 1. The van der Waals surface area contributed by atoms with Crippen molar-refractivity contribution in [1.82, 2.24) is 64.2 Å². The smallest absolute Gasteiger partial charge is 0.408 e. The number of alkyl carbamates (subject to hydrolysis) is 1. The zero-order chi connectivity index (χ0) is 53.2. The lowest BCUT2D eigenvalue weighted by Crippen LogP contribution is -2.52. The molecule has 2 aliphatic heterocycles. The van der Waals surface area contributed by atoms with Crippen molar-refractivity contribution in [3.63, 3.8) is 0 Å². The van der Waals surface area contributed by atoms with Crippen LogP contribution < -0.4 is 16.3 Å². The van der Waals surface area contributed by atoms with Crippen LogP contribution in [-0.2, 0) is 27.9 Å². The quantitative estimate of drug-likeness (QED) is 0.110. The van der Waals surface area contributed by atoms with E-state index >= 15 is 4.39 Å². The number of nitrogens with zero attached hydrogens (tertiary/aromatic N) is 11. The van der Waals surface area contributed by atoms with Crippen LogP contribution in [0.1, 0.15) is 79.9 Å². The molecule has 0 aliphatic carbocycles.